The molecule has 84 valence electrons. The van der Waals surface area contributed by atoms with Gasteiger partial charge in [0.25, 0.3) is 0 Å². The van der Waals surface area contributed by atoms with Gasteiger partial charge in [0.05, 0.1) is 0 Å². The molecule has 1 heteroatoms. The van der Waals surface area contributed by atoms with Gasteiger partial charge >= 0.3 is 0 Å². The van der Waals surface area contributed by atoms with Gasteiger partial charge in [-0.3, -0.25) is 0 Å². The van der Waals surface area contributed by atoms with E-state index in [-0.39, 0.29) is 0 Å². The van der Waals surface area contributed by atoms with Crippen LogP contribution in [0, 0.1) is 0 Å². The summed E-state index contributed by atoms with van der Waals surface area (Å²) in [5.74, 6) is 2.67. The molecule has 0 heterocycles. The Kier molecular flexibility index (Phi) is 7.45. The second kappa shape index (κ2) is 8.84. The van der Waals surface area contributed by atoms with Crippen LogP contribution in [0.5, 0.6) is 0 Å². The summed E-state index contributed by atoms with van der Waals surface area (Å²) < 4.78 is 0. The number of aryl methyl sites for hydroxylation is 1. The average Bonchev–Trinajstić information content (AvgIpc) is 2.29. The minimum Gasteiger partial charge on any atom is -0.162 e. The number of benzene rings is 1. The van der Waals surface area contributed by atoms with E-state index in [0.29, 0.717) is 0 Å². The maximum Gasteiger partial charge on any atom is -0.00644 e. The number of unbranched alkanes of at least 4 members (excludes halogenated alkanes) is 2. The zero-order valence-corrected chi connectivity index (χ0v) is 10.6. The zero-order chi connectivity index (χ0) is 10.8. The standard InChI is InChI=1S/C14H22S/c1-2-3-7-12-15-13-8-11-14-9-5-4-6-10-14/h4-6,9-10H,2-3,7-8,11-13H2,1H3. The van der Waals surface area contributed by atoms with E-state index in [9.17, 15) is 0 Å². The Bertz CT molecular complexity index is 230. The van der Waals surface area contributed by atoms with Crippen LogP contribution < -0.4 is 0 Å². The lowest BCUT2D eigenvalue weighted by Crippen LogP contribution is -1.89. The van der Waals surface area contributed by atoms with Gasteiger partial charge in [-0.05, 0) is 36.3 Å². The first kappa shape index (κ1) is 12.6. The minimum absolute atomic E-state index is 1.24. The maximum absolute atomic E-state index is 2.26. The summed E-state index contributed by atoms with van der Waals surface area (Å²) in [6.07, 6.45) is 6.69. The Morgan fingerprint density at radius 3 is 2.40 bits per heavy atom. The van der Waals surface area contributed by atoms with Gasteiger partial charge < -0.3 is 0 Å². The molecule has 0 spiro atoms. The van der Waals surface area contributed by atoms with Crippen molar-refractivity contribution in [3.8, 4) is 0 Å². The highest BCUT2D eigenvalue weighted by molar-refractivity contribution is 7.99. The van der Waals surface area contributed by atoms with Crippen LogP contribution in [0.3, 0.4) is 0 Å². The molecule has 1 aromatic rings. The van der Waals surface area contributed by atoms with Gasteiger partial charge in [0.2, 0.25) is 0 Å². The molecule has 15 heavy (non-hydrogen) atoms. The highest BCUT2D eigenvalue weighted by Crippen LogP contribution is 2.10. The Hall–Kier alpha value is -0.430. The lowest BCUT2D eigenvalue weighted by molar-refractivity contribution is 0.778. The number of hydrogen-bond donors (Lipinski definition) is 0. The van der Waals surface area contributed by atoms with Crippen LogP contribution in [-0.4, -0.2) is 11.5 Å². The second-order valence-corrected chi connectivity index (χ2v) is 5.13. The highest BCUT2D eigenvalue weighted by atomic mass is 32.2. The number of hydrogen-bond acceptors (Lipinski definition) is 1. The summed E-state index contributed by atoms with van der Waals surface area (Å²) in [6.45, 7) is 2.26. The second-order valence-electron chi connectivity index (χ2n) is 3.91. The number of rotatable bonds is 8. The van der Waals surface area contributed by atoms with Crippen molar-refractivity contribution < 1.29 is 0 Å². The van der Waals surface area contributed by atoms with Crippen molar-refractivity contribution in [1.29, 1.82) is 0 Å². The molecule has 1 rings (SSSR count). The van der Waals surface area contributed by atoms with E-state index in [1.807, 2.05) is 0 Å². The fourth-order valence-electron chi connectivity index (χ4n) is 1.58. The average molecular weight is 222 g/mol. The van der Waals surface area contributed by atoms with Crippen molar-refractivity contribution in [2.24, 2.45) is 0 Å². The largest absolute Gasteiger partial charge is 0.162 e. The Labute approximate surface area is 98.5 Å². The summed E-state index contributed by atoms with van der Waals surface area (Å²) in [5.41, 5.74) is 1.48. The third-order valence-corrected chi connectivity index (χ3v) is 3.64. The van der Waals surface area contributed by atoms with E-state index >= 15 is 0 Å². The molecular weight excluding hydrogens is 200 g/mol. The Morgan fingerprint density at radius 1 is 0.933 bits per heavy atom. The SMILES string of the molecule is CCCCCSCCCc1ccccc1. The quantitative estimate of drug-likeness (QED) is 0.582. The van der Waals surface area contributed by atoms with Gasteiger partial charge in [0, 0.05) is 0 Å². The summed E-state index contributed by atoms with van der Waals surface area (Å²) in [5, 5.41) is 0. The molecule has 0 saturated heterocycles. The predicted octanol–water partition coefficient (Wildman–Crippen LogP) is 4.54. The summed E-state index contributed by atoms with van der Waals surface area (Å²) >= 11 is 2.11. The van der Waals surface area contributed by atoms with Gasteiger partial charge in [0.15, 0.2) is 0 Å². The third kappa shape index (κ3) is 6.62. The third-order valence-electron chi connectivity index (χ3n) is 2.49. The van der Waals surface area contributed by atoms with Crippen molar-refractivity contribution in [1.82, 2.24) is 0 Å². The summed E-state index contributed by atoms with van der Waals surface area (Å²) in [7, 11) is 0. The van der Waals surface area contributed by atoms with Crippen LogP contribution in [0.1, 0.15) is 38.2 Å². The molecule has 0 aliphatic heterocycles. The van der Waals surface area contributed by atoms with Gasteiger partial charge in [-0.1, -0.05) is 50.1 Å². The smallest absolute Gasteiger partial charge is 0.00644 e. The van der Waals surface area contributed by atoms with E-state index in [0.717, 1.165) is 0 Å². The maximum atomic E-state index is 2.26. The van der Waals surface area contributed by atoms with Crippen molar-refractivity contribution in [2.75, 3.05) is 11.5 Å². The molecule has 0 aliphatic carbocycles. The predicted molar refractivity (Wildman–Crippen MR) is 71.6 cm³/mol. The normalized spacial score (nSPS) is 10.5. The molecular formula is C14H22S. The molecule has 0 nitrogen and oxygen atoms in total. The van der Waals surface area contributed by atoms with E-state index in [1.165, 1.54) is 49.2 Å². The van der Waals surface area contributed by atoms with E-state index in [2.05, 4.69) is 49.0 Å². The van der Waals surface area contributed by atoms with Gasteiger partial charge in [-0.25, -0.2) is 0 Å². The number of thioether (sulfide) groups is 1. The van der Waals surface area contributed by atoms with E-state index in [1.54, 1.807) is 0 Å². The Morgan fingerprint density at radius 2 is 1.67 bits per heavy atom. The first-order valence-corrected chi connectivity index (χ1v) is 7.20. The molecule has 0 aromatic heterocycles. The first-order chi connectivity index (χ1) is 7.43. The van der Waals surface area contributed by atoms with Crippen LogP contribution in [0.2, 0.25) is 0 Å². The molecule has 0 saturated carbocycles. The topological polar surface area (TPSA) is 0 Å². The molecule has 0 radical (unpaired) electrons. The molecule has 0 bridgehead atoms. The first-order valence-electron chi connectivity index (χ1n) is 6.05. The van der Waals surface area contributed by atoms with Crippen LogP contribution in [0.15, 0.2) is 30.3 Å². The minimum atomic E-state index is 1.24. The molecule has 0 amide bonds. The molecule has 0 unspecified atom stereocenters. The highest BCUT2D eigenvalue weighted by Gasteiger charge is 1.93. The monoisotopic (exact) mass is 222 g/mol. The van der Waals surface area contributed by atoms with Gasteiger partial charge in [0.1, 0.15) is 0 Å². The van der Waals surface area contributed by atoms with E-state index in [4.69, 9.17) is 0 Å². The van der Waals surface area contributed by atoms with Crippen LogP contribution in [0.25, 0.3) is 0 Å². The van der Waals surface area contributed by atoms with Crippen LogP contribution in [0.4, 0.5) is 0 Å². The fraction of sp³-hybridized carbons (Fsp3) is 0.571. The molecule has 0 fully saturated rings. The van der Waals surface area contributed by atoms with Crippen molar-refractivity contribution >= 4 is 11.8 Å². The molecule has 0 atom stereocenters. The summed E-state index contributed by atoms with van der Waals surface area (Å²) in [6, 6.07) is 10.8. The lowest BCUT2D eigenvalue weighted by atomic mass is 10.1. The van der Waals surface area contributed by atoms with E-state index < -0.39 is 0 Å². The molecule has 0 N–H and O–H groups in total. The van der Waals surface area contributed by atoms with Gasteiger partial charge in [-0.2, -0.15) is 11.8 Å². The summed E-state index contributed by atoms with van der Waals surface area (Å²) in [4.78, 5) is 0. The molecule has 0 aliphatic rings. The lowest BCUT2D eigenvalue weighted by Gasteiger charge is -2.01. The van der Waals surface area contributed by atoms with Crippen LogP contribution >= 0.6 is 11.8 Å². The van der Waals surface area contributed by atoms with Crippen molar-refractivity contribution in [3.05, 3.63) is 35.9 Å². The van der Waals surface area contributed by atoms with Crippen molar-refractivity contribution in [2.45, 2.75) is 39.0 Å². The van der Waals surface area contributed by atoms with Gasteiger partial charge in [-0.15, -0.1) is 0 Å². The van der Waals surface area contributed by atoms with Crippen molar-refractivity contribution in [3.63, 3.8) is 0 Å². The Balaban J connectivity index is 1.93. The van der Waals surface area contributed by atoms with Crippen LogP contribution in [-0.2, 0) is 6.42 Å². The fourth-order valence-corrected chi connectivity index (χ4v) is 2.54. The zero-order valence-electron chi connectivity index (χ0n) is 9.74. The molecule has 1 aromatic carbocycles.